The minimum atomic E-state index is -0.800. The quantitative estimate of drug-likeness (QED) is 0.777. The van der Waals surface area contributed by atoms with Gasteiger partial charge in [0.15, 0.2) is 0 Å². The molecule has 122 valence electrons. The zero-order chi connectivity index (χ0) is 16.7. The van der Waals surface area contributed by atoms with Gasteiger partial charge in [-0.05, 0) is 12.1 Å². The van der Waals surface area contributed by atoms with E-state index in [4.69, 9.17) is 10.5 Å². The van der Waals surface area contributed by atoms with Crippen molar-refractivity contribution in [3.63, 3.8) is 0 Å². The van der Waals surface area contributed by atoms with E-state index in [9.17, 15) is 18.4 Å². The number of amides is 2. The first-order valence-electron chi connectivity index (χ1n) is 6.58. The predicted molar refractivity (Wildman–Crippen MR) is 77.1 cm³/mol. The Morgan fingerprint density at radius 2 is 1.91 bits per heavy atom. The first-order chi connectivity index (χ1) is 10.3. The maximum atomic E-state index is 13.0. The average Bonchev–Trinajstić information content (AvgIpc) is 2.42. The van der Waals surface area contributed by atoms with Crippen molar-refractivity contribution in [3.8, 4) is 0 Å². The summed E-state index contributed by atoms with van der Waals surface area (Å²) in [4.78, 5) is 24.8. The van der Waals surface area contributed by atoms with Crippen molar-refractivity contribution in [1.82, 2.24) is 4.90 Å². The van der Waals surface area contributed by atoms with E-state index in [-0.39, 0.29) is 31.1 Å². The van der Waals surface area contributed by atoms with Crippen molar-refractivity contribution in [2.45, 2.75) is 12.5 Å². The van der Waals surface area contributed by atoms with E-state index in [1.807, 2.05) is 0 Å². The van der Waals surface area contributed by atoms with Gasteiger partial charge < -0.3 is 20.7 Å². The van der Waals surface area contributed by atoms with E-state index in [0.717, 1.165) is 12.1 Å². The number of ether oxygens (including phenoxy) is 1. The third kappa shape index (κ3) is 5.74. The van der Waals surface area contributed by atoms with E-state index in [2.05, 4.69) is 5.32 Å². The van der Waals surface area contributed by atoms with Gasteiger partial charge in [-0.25, -0.2) is 8.78 Å². The summed E-state index contributed by atoms with van der Waals surface area (Å²) in [5.74, 6) is -2.49. The Bertz CT molecular complexity index is 516. The number of methoxy groups -OCH3 is 1. The lowest BCUT2D eigenvalue weighted by molar-refractivity contribution is -0.135. The van der Waals surface area contributed by atoms with Gasteiger partial charge in [-0.2, -0.15) is 0 Å². The Morgan fingerprint density at radius 3 is 2.41 bits per heavy atom. The third-order valence-electron chi connectivity index (χ3n) is 2.95. The van der Waals surface area contributed by atoms with Crippen LogP contribution >= 0.6 is 0 Å². The molecule has 0 aromatic heterocycles. The molecule has 0 aliphatic carbocycles. The molecule has 1 aromatic carbocycles. The SMILES string of the molecule is COC(CN)CC(=O)N(C)CC(=O)Nc1cc(F)cc(F)c1. The fourth-order valence-electron chi connectivity index (χ4n) is 1.74. The highest BCUT2D eigenvalue weighted by molar-refractivity contribution is 5.94. The molecule has 0 bridgehead atoms. The molecule has 8 heteroatoms. The summed E-state index contributed by atoms with van der Waals surface area (Å²) in [6.45, 7) is -0.0666. The molecule has 0 radical (unpaired) electrons. The first-order valence-corrected chi connectivity index (χ1v) is 6.58. The van der Waals surface area contributed by atoms with Crippen molar-refractivity contribution >= 4 is 17.5 Å². The molecule has 0 saturated heterocycles. The standard InChI is InChI=1S/C14H19F2N3O3/c1-19(14(21)6-12(7-17)22-2)8-13(20)18-11-4-9(15)3-10(16)5-11/h3-5,12H,6-8,17H2,1-2H3,(H,18,20). The molecule has 6 nitrogen and oxygen atoms in total. The monoisotopic (exact) mass is 315 g/mol. The minimum Gasteiger partial charge on any atom is -0.380 e. The summed E-state index contributed by atoms with van der Waals surface area (Å²) in [7, 11) is 2.88. The van der Waals surface area contributed by atoms with Crippen molar-refractivity contribution in [2.24, 2.45) is 5.73 Å². The maximum absolute atomic E-state index is 13.0. The van der Waals surface area contributed by atoms with Crippen LogP contribution in [0.4, 0.5) is 14.5 Å². The van der Waals surface area contributed by atoms with Gasteiger partial charge >= 0.3 is 0 Å². The van der Waals surface area contributed by atoms with Crippen LogP contribution in [0, 0.1) is 11.6 Å². The second-order valence-corrected chi connectivity index (χ2v) is 4.75. The van der Waals surface area contributed by atoms with Crippen LogP contribution in [0.3, 0.4) is 0 Å². The molecule has 0 aliphatic rings. The second-order valence-electron chi connectivity index (χ2n) is 4.75. The molecule has 0 fully saturated rings. The van der Waals surface area contributed by atoms with Crippen LogP contribution in [-0.4, -0.2) is 50.1 Å². The van der Waals surface area contributed by atoms with Crippen LogP contribution in [0.1, 0.15) is 6.42 Å². The fourth-order valence-corrected chi connectivity index (χ4v) is 1.74. The lowest BCUT2D eigenvalue weighted by Crippen LogP contribution is -2.38. The number of carbonyl (C=O) groups is 2. The molecular formula is C14H19F2N3O3. The molecule has 1 rings (SSSR count). The van der Waals surface area contributed by atoms with E-state index in [1.165, 1.54) is 19.1 Å². The predicted octanol–water partition coefficient (Wildman–Crippen LogP) is 0.725. The molecule has 0 spiro atoms. The van der Waals surface area contributed by atoms with E-state index >= 15 is 0 Å². The molecular weight excluding hydrogens is 296 g/mol. The highest BCUT2D eigenvalue weighted by atomic mass is 19.1. The Labute approximate surface area is 127 Å². The van der Waals surface area contributed by atoms with Gasteiger partial charge in [0.2, 0.25) is 11.8 Å². The van der Waals surface area contributed by atoms with Crippen LogP contribution in [0.5, 0.6) is 0 Å². The summed E-state index contributed by atoms with van der Waals surface area (Å²) in [6.07, 6.45) is -0.374. The van der Waals surface area contributed by atoms with E-state index in [1.54, 1.807) is 0 Å². The van der Waals surface area contributed by atoms with Crippen LogP contribution in [-0.2, 0) is 14.3 Å². The van der Waals surface area contributed by atoms with Gasteiger partial charge in [-0.1, -0.05) is 0 Å². The molecule has 1 atom stereocenters. The Morgan fingerprint density at radius 1 is 1.32 bits per heavy atom. The summed E-state index contributed by atoms with van der Waals surface area (Å²) >= 11 is 0. The maximum Gasteiger partial charge on any atom is 0.243 e. The van der Waals surface area contributed by atoms with Crippen LogP contribution in [0.2, 0.25) is 0 Å². The Kier molecular flexibility index (Phi) is 6.87. The number of carbonyl (C=O) groups excluding carboxylic acids is 2. The summed E-state index contributed by atoms with van der Waals surface area (Å²) in [6, 6.07) is 2.67. The van der Waals surface area contributed by atoms with Crippen molar-refractivity contribution in [1.29, 1.82) is 0 Å². The highest BCUT2D eigenvalue weighted by Crippen LogP contribution is 2.12. The van der Waals surface area contributed by atoms with Crippen molar-refractivity contribution < 1.29 is 23.1 Å². The number of rotatable bonds is 7. The largest absolute Gasteiger partial charge is 0.380 e. The number of nitrogens with zero attached hydrogens (tertiary/aromatic N) is 1. The fraction of sp³-hybridized carbons (Fsp3) is 0.429. The third-order valence-corrected chi connectivity index (χ3v) is 2.95. The van der Waals surface area contributed by atoms with Crippen LogP contribution in [0.25, 0.3) is 0 Å². The number of hydrogen-bond acceptors (Lipinski definition) is 4. The molecule has 3 N–H and O–H groups in total. The van der Waals surface area contributed by atoms with Gasteiger partial charge in [0.05, 0.1) is 19.1 Å². The number of benzene rings is 1. The van der Waals surface area contributed by atoms with Gasteiger partial charge in [-0.15, -0.1) is 0 Å². The number of hydrogen-bond donors (Lipinski definition) is 2. The van der Waals surface area contributed by atoms with Crippen LogP contribution < -0.4 is 11.1 Å². The van der Waals surface area contributed by atoms with Crippen LogP contribution in [0.15, 0.2) is 18.2 Å². The lowest BCUT2D eigenvalue weighted by Gasteiger charge is -2.19. The van der Waals surface area contributed by atoms with Crippen molar-refractivity contribution in [2.75, 3.05) is 32.6 Å². The molecule has 22 heavy (non-hydrogen) atoms. The molecule has 1 aromatic rings. The van der Waals surface area contributed by atoms with Crippen molar-refractivity contribution in [3.05, 3.63) is 29.8 Å². The number of nitrogens with two attached hydrogens (primary N) is 1. The number of halogens is 2. The zero-order valence-corrected chi connectivity index (χ0v) is 12.4. The first kappa shape index (κ1) is 18.0. The Balaban J connectivity index is 2.55. The minimum absolute atomic E-state index is 0.0138. The van der Waals surface area contributed by atoms with Gasteiger partial charge in [0.25, 0.3) is 0 Å². The molecule has 1 unspecified atom stereocenters. The highest BCUT2D eigenvalue weighted by Gasteiger charge is 2.17. The zero-order valence-electron chi connectivity index (χ0n) is 12.4. The van der Waals surface area contributed by atoms with Gasteiger partial charge in [0, 0.05) is 32.5 Å². The summed E-state index contributed by atoms with van der Waals surface area (Å²) in [5.41, 5.74) is 5.40. The Hall–Kier alpha value is -2.06. The molecule has 0 saturated carbocycles. The molecule has 0 aliphatic heterocycles. The smallest absolute Gasteiger partial charge is 0.243 e. The van der Waals surface area contributed by atoms with Gasteiger partial charge in [0.1, 0.15) is 11.6 Å². The topological polar surface area (TPSA) is 84.7 Å². The summed E-state index contributed by atoms with van der Waals surface area (Å²) in [5, 5.41) is 2.32. The van der Waals surface area contributed by atoms with Gasteiger partial charge in [-0.3, -0.25) is 9.59 Å². The second kappa shape index (κ2) is 8.40. The molecule has 0 heterocycles. The molecule has 2 amide bonds. The van der Waals surface area contributed by atoms with E-state index in [0.29, 0.717) is 6.07 Å². The summed E-state index contributed by atoms with van der Waals surface area (Å²) < 4.78 is 31.0. The average molecular weight is 315 g/mol. The number of likely N-dealkylation sites (N-methyl/N-ethyl adjacent to an activating group) is 1. The number of anilines is 1. The lowest BCUT2D eigenvalue weighted by atomic mass is 10.2. The normalized spacial score (nSPS) is 11.9. The number of nitrogens with one attached hydrogen (secondary N) is 1. The van der Waals surface area contributed by atoms with E-state index < -0.39 is 23.6 Å².